The first kappa shape index (κ1) is 23.1. The molecule has 0 aromatic heterocycles. The topological polar surface area (TPSA) is 69.6 Å². The van der Waals surface area contributed by atoms with Crippen molar-refractivity contribution in [3.05, 3.63) is 35.4 Å². The third-order valence-electron chi connectivity index (χ3n) is 3.60. The first-order valence-electron chi connectivity index (χ1n) is 8.84. The van der Waals surface area contributed by atoms with Gasteiger partial charge in [-0.05, 0) is 57.5 Å². The van der Waals surface area contributed by atoms with Gasteiger partial charge in [0.2, 0.25) is 5.91 Å². The van der Waals surface area contributed by atoms with E-state index in [9.17, 15) is 4.79 Å². The maximum atomic E-state index is 12.1. The maximum absolute atomic E-state index is 12.1. The Morgan fingerprint density at radius 1 is 1.12 bits per heavy atom. The molecule has 0 aliphatic rings. The van der Waals surface area contributed by atoms with Gasteiger partial charge in [-0.2, -0.15) is 0 Å². The van der Waals surface area contributed by atoms with Crippen LogP contribution in [0.4, 0.5) is 0 Å². The van der Waals surface area contributed by atoms with Crippen molar-refractivity contribution in [1.82, 2.24) is 10.2 Å². The number of nitrogens with zero attached hydrogens (tertiary/aromatic N) is 1. The zero-order valence-electron chi connectivity index (χ0n) is 16.5. The van der Waals surface area contributed by atoms with Crippen LogP contribution in [0.1, 0.15) is 51.2 Å². The predicted molar refractivity (Wildman–Crippen MR) is 103 cm³/mol. The van der Waals surface area contributed by atoms with Gasteiger partial charge in [0.05, 0.1) is 5.92 Å². The lowest BCUT2D eigenvalue weighted by Crippen LogP contribution is -2.30. The van der Waals surface area contributed by atoms with Crippen LogP contribution in [0.25, 0.3) is 0 Å². The number of carboxylic acids is 1. The number of carboxylic acid groups (broad SMARTS) is 1. The molecule has 0 aliphatic carbocycles. The van der Waals surface area contributed by atoms with E-state index in [2.05, 4.69) is 48.3 Å². The zero-order chi connectivity index (χ0) is 19.4. The Labute approximate surface area is 152 Å². The normalized spacial score (nSPS) is 11.7. The van der Waals surface area contributed by atoms with E-state index in [1.807, 2.05) is 21.0 Å². The highest BCUT2D eigenvalue weighted by Gasteiger charge is 2.14. The van der Waals surface area contributed by atoms with Gasteiger partial charge in [0.25, 0.3) is 5.97 Å². The van der Waals surface area contributed by atoms with Gasteiger partial charge >= 0.3 is 0 Å². The molecule has 25 heavy (non-hydrogen) atoms. The van der Waals surface area contributed by atoms with Crippen molar-refractivity contribution >= 4 is 11.9 Å². The Bertz CT molecular complexity index is 506. The van der Waals surface area contributed by atoms with Crippen molar-refractivity contribution in [3.8, 4) is 0 Å². The second-order valence-electron chi connectivity index (χ2n) is 7.03. The second kappa shape index (κ2) is 12.5. The summed E-state index contributed by atoms with van der Waals surface area (Å²) < 4.78 is 0. The smallest absolute Gasteiger partial charge is 0.300 e. The standard InChI is InChI=1S/C18H30N2O.C2H4O2/c1-14(2)13-16-7-9-17(10-8-16)15(3)18(21)19-11-6-12-20(4)5;1-2(3)4/h7-10,14-15H,6,11-13H2,1-5H3,(H,19,21);1H3,(H,3,4). The molecule has 1 unspecified atom stereocenters. The summed E-state index contributed by atoms with van der Waals surface area (Å²) in [6.07, 6.45) is 2.07. The van der Waals surface area contributed by atoms with Crippen molar-refractivity contribution in [2.45, 2.75) is 46.5 Å². The summed E-state index contributed by atoms with van der Waals surface area (Å²) in [6, 6.07) is 8.46. The highest BCUT2D eigenvalue weighted by atomic mass is 16.4. The summed E-state index contributed by atoms with van der Waals surface area (Å²) >= 11 is 0. The average molecular weight is 351 g/mol. The van der Waals surface area contributed by atoms with Gasteiger partial charge in [-0.3, -0.25) is 9.59 Å². The Kier molecular flexibility index (Phi) is 11.5. The van der Waals surface area contributed by atoms with Crippen LogP contribution in [0.5, 0.6) is 0 Å². The molecule has 1 rings (SSSR count). The summed E-state index contributed by atoms with van der Waals surface area (Å²) in [4.78, 5) is 23.3. The molecule has 1 aromatic rings. The summed E-state index contributed by atoms with van der Waals surface area (Å²) in [5.41, 5.74) is 2.43. The second-order valence-corrected chi connectivity index (χ2v) is 7.03. The lowest BCUT2D eigenvalue weighted by molar-refractivity contribution is -0.134. The van der Waals surface area contributed by atoms with Gasteiger partial charge in [0.15, 0.2) is 0 Å². The third kappa shape index (κ3) is 12.2. The van der Waals surface area contributed by atoms with Crippen LogP contribution in [-0.2, 0) is 16.0 Å². The van der Waals surface area contributed by atoms with E-state index in [1.165, 1.54) is 5.56 Å². The van der Waals surface area contributed by atoms with Crippen LogP contribution >= 0.6 is 0 Å². The molecule has 1 aromatic carbocycles. The highest BCUT2D eigenvalue weighted by Crippen LogP contribution is 2.17. The van der Waals surface area contributed by atoms with Gasteiger partial charge in [-0.1, -0.05) is 38.1 Å². The molecule has 0 bridgehead atoms. The molecule has 0 aliphatic heterocycles. The van der Waals surface area contributed by atoms with E-state index < -0.39 is 5.97 Å². The number of hydrogen-bond acceptors (Lipinski definition) is 3. The monoisotopic (exact) mass is 350 g/mol. The van der Waals surface area contributed by atoms with Gasteiger partial charge in [-0.15, -0.1) is 0 Å². The molecule has 1 atom stereocenters. The van der Waals surface area contributed by atoms with Gasteiger partial charge in [-0.25, -0.2) is 0 Å². The molecule has 142 valence electrons. The van der Waals surface area contributed by atoms with Crippen LogP contribution in [0.3, 0.4) is 0 Å². The van der Waals surface area contributed by atoms with Crippen LogP contribution in [0.2, 0.25) is 0 Å². The quantitative estimate of drug-likeness (QED) is 0.707. The fraction of sp³-hybridized carbons (Fsp3) is 0.600. The lowest BCUT2D eigenvalue weighted by atomic mass is 9.96. The van der Waals surface area contributed by atoms with Crippen molar-refractivity contribution in [3.63, 3.8) is 0 Å². The van der Waals surface area contributed by atoms with Crippen LogP contribution in [-0.4, -0.2) is 49.1 Å². The van der Waals surface area contributed by atoms with E-state index in [1.54, 1.807) is 0 Å². The Hall–Kier alpha value is -1.88. The van der Waals surface area contributed by atoms with Gasteiger partial charge in [0, 0.05) is 13.5 Å². The Balaban J connectivity index is 0.00000129. The SMILES string of the molecule is CC(=O)O.CC(C)Cc1ccc(C(C)C(=O)NCCCN(C)C)cc1. The average Bonchev–Trinajstić information content (AvgIpc) is 2.50. The number of amides is 1. The fourth-order valence-corrected chi connectivity index (χ4v) is 2.33. The van der Waals surface area contributed by atoms with E-state index in [4.69, 9.17) is 9.90 Å². The first-order valence-corrected chi connectivity index (χ1v) is 8.84. The lowest BCUT2D eigenvalue weighted by Gasteiger charge is -2.14. The number of benzene rings is 1. The maximum Gasteiger partial charge on any atom is 0.300 e. The van der Waals surface area contributed by atoms with E-state index >= 15 is 0 Å². The first-order chi connectivity index (χ1) is 11.6. The van der Waals surface area contributed by atoms with Gasteiger partial charge in [0.1, 0.15) is 0 Å². The molecule has 0 fully saturated rings. The molecule has 1 amide bonds. The summed E-state index contributed by atoms with van der Waals surface area (Å²) in [5, 5.41) is 10.4. The molecule has 0 spiro atoms. The van der Waals surface area contributed by atoms with E-state index in [-0.39, 0.29) is 11.8 Å². The molecule has 2 N–H and O–H groups in total. The molecule has 0 saturated heterocycles. The molecule has 0 radical (unpaired) electrons. The van der Waals surface area contributed by atoms with Crippen LogP contribution in [0, 0.1) is 5.92 Å². The number of hydrogen-bond donors (Lipinski definition) is 2. The molecule has 0 saturated carbocycles. The number of aliphatic carboxylic acids is 1. The van der Waals surface area contributed by atoms with Crippen LogP contribution in [0.15, 0.2) is 24.3 Å². The summed E-state index contributed by atoms with van der Waals surface area (Å²) in [5.74, 6) is -0.143. The largest absolute Gasteiger partial charge is 0.481 e. The number of nitrogens with one attached hydrogen (secondary N) is 1. The van der Waals surface area contributed by atoms with Crippen molar-refractivity contribution in [1.29, 1.82) is 0 Å². The molecular formula is C20H34N2O3. The number of carbonyl (C=O) groups is 2. The number of carbonyl (C=O) groups excluding carboxylic acids is 1. The minimum atomic E-state index is -0.833. The third-order valence-corrected chi connectivity index (χ3v) is 3.60. The Morgan fingerprint density at radius 3 is 2.08 bits per heavy atom. The number of rotatable bonds is 8. The minimum Gasteiger partial charge on any atom is -0.481 e. The predicted octanol–water partition coefficient (Wildman–Crippen LogP) is 3.15. The van der Waals surface area contributed by atoms with E-state index in [0.29, 0.717) is 5.92 Å². The molecule has 5 heteroatoms. The Morgan fingerprint density at radius 2 is 1.64 bits per heavy atom. The summed E-state index contributed by atoms with van der Waals surface area (Å²) in [7, 11) is 4.09. The van der Waals surface area contributed by atoms with Gasteiger partial charge < -0.3 is 15.3 Å². The fourth-order valence-electron chi connectivity index (χ4n) is 2.33. The van der Waals surface area contributed by atoms with Crippen molar-refractivity contribution < 1.29 is 14.7 Å². The molecule has 5 nitrogen and oxygen atoms in total. The van der Waals surface area contributed by atoms with Crippen LogP contribution < -0.4 is 5.32 Å². The molecule has 0 heterocycles. The summed E-state index contributed by atoms with van der Waals surface area (Å²) in [6.45, 7) is 9.24. The van der Waals surface area contributed by atoms with Crippen molar-refractivity contribution in [2.75, 3.05) is 27.2 Å². The van der Waals surface area contributed by atoms with E-state index in [0.717, 1.165) is 38.4 Å². The van der Waals surface area contributed by atoms with Crippen molar-refractivity contribution in [2.24, 2.45) is 5.92 Å². The highest BCUT2D eigenvalue weighted by molar-refractivity contribution is 5.83. The zero-order valence-corrected chi connectivity index (χ0v) is 16.5. The minimum absolute atomic E-state index is 0.0857. The molecular weight excluding hydrogens is 316 g/mol.